The highest BCUT2D eigenvalue weighted by Gasteiger charge is 2.05. The van der Waals surface area contributed by atoms with Crippen molar-refractivity contribution < 1.29 is 14.8 Å². The minimum atomic E-state index is -1.20. The van der Waals surface area contributed by atoms with Crippen molar-refractivity contribution in [1.29, 1.82) is 0 Å². The molecule has 0 aromatic heterocycles. The van der Waals surface area contributed by atoms with Gasteiger partial charge >= 0.3 is 7.12 Å². The molecule has 1 amide bonds. The van der Waals surface area contributed by atoms with Crippen LogP contribution in [0.4, 0.5) is 5.69 Å². The van der Waals surface area contributed by atoms with Gasteiger partial charge in [-0.15, -0.1) is 0 Å². The first-order chi connectivity index (χ1) is 8.68. The summed E-state index contributed by atoms with van der Waals surface area (Å²) in [6, 6.07) is 9.40. The third-order valence-corrected chi connectivity index (χ3v) is 2.67. The summed E-state index contributed by atoms with van der Waals surface area (Å²) in [6.45, 7) is 0. The molecule has 18 heavy (non-hydrogen) atoms. The van der Waals surface area contributed by atoms with E-state index in [1.54, 1.807) is 0 Å². The van der Waals surface area contributed by atoms with Gasteiger partial charge in [0.05, 0.1) is 0 Å². The number of benzene rings is 1. The summed E-state index contributed by atoms with van der Waals surface area (Å²) in [5.41, 5.74) is 0.825. The number of amides is 1. The number of para-hydroxylation sites is 1. The van der Waals surface area contributed by atoms with Crippen LogP contribution in [0.25, 0.3) is 0 Å². The van der Waals surface area contributed by atoms with Gasteiger partial charge in [-0.25, -0.2) is 0 Å². The largest absolute Gasteiger partial charge is 0.451 e. The monoisotopic (exact) mass is 249 g/mol. The van der Waals surface area contributed by atoms with Gasteiger partial charge in [-0.1, -0.05) is 37.5 Å². The van der Waals surface area contributed by atoms with Gasteiger partial charge in [0.2, 0.25) is 5.91 Å². The molecule has 0 spiro atoms. The Morgan fingerprint density at radius 3 is 2.39 bits per heavy atom. The van der Waals surface area contributed by atoms with Gasteiger partial charge in [0.25, 0.3) is 0 Å². The fourth-order valence-electron chi connectivity index (χ4n) is 1.71. The Labute approximate surface area is 108 Å². The summed E-state index contributed by atoms with van der Waals surface area (Å²) in [4.78, 5) is 11.6. The first-order valence-electron chi connectivity index (χ1n) is 6.39. The van der Waals surface area contributed by atoms with Crippen LogP contribution in [0.15, 0.2) is 30.3 Å². The zero-order valence-corrected chi connectivity index (χ0v) is 10.5. The zero-order valence-electron chi connectivity index (χ0n) is 10.5. The molecule has 0 radical (unpaired) electrons. The van der Waals surface area contributed by atoms with E-state index in [0.29, 0.717) is 12.7 Å². The topological polar surface area (TPSA) is 69.6 Å². The van der Waals surface area contributed by atoms with Crippen LogP contribution in [0, 0.1) is 0 Å². The predicted molar refractivity (Wildman–Crippen MR) is 73.2 cm³/mol. The molecule has 0 atom stereocenters. The van der Waals surface area contributed by atoms with Crippen molar-refractivity contribution in [3.05, 3.63) is 30.3 Å². The lowest BCUT2D eigenvalue weighted by molar-refractivity contribution is -0.116. The van der Waals surface area contributed by atoms with Crippen LogP contribution < -0.4 is 5.32 Å². The van der Waals surface area contributed by atoms with Crippen molar-refractivity contribution in [2.24, 2.45) is 0 Å². The van der Waals surface area contributed by atoms with Crippen molar-refractivity contribution in [1.82, 2.24) is 0 Å². The third-order valence-electron chi connectivity index (χ3n) is 2.67. The Hall–Kier alpha value is -1.33. The average molecular weight is 249 g/mol. The van der Waals surface area contributed by atoms with Crippen LogP contribution in [0.3, 0.4) is 0 Å². The number of carbonyl (C=O) groups excluding carboxylic acids is 1. The number of hydrogen-bond acceptors (Lipinski definition) is 3. The Bertz CT molecular complexity index is 343. The van der Waals surface area contributed by atoms with E-state index in [1.165, 1.54) is 0 Å². The molecule has 0 saturated carbocycles. The van der Waals surface area contributed by atoms with Gasteiger partial charge < -0.3 is 15.4 Å². The maximum atomic E-state index is 11.6. The first kappa shape index (κ1) is 14.7. The minimum Gasteiger partial charge on any atom is -0.427 e. The van der Waals surface area contributed by atoms with Crippen LogP contribution in [-0.4, -0.2) is 23.1 Å². The van der Waals surface area contributed by atoms with E-state index in [2.05, 4.69) is 5.32 Å². The van der Waals surface area contributed by atoms with E-state index in [9.17, 15) is 4.79 Å². The molecule has 4 nitrogen and oxygen atoms in total. The van der Waals surface area contributed by atoms with Gasteiger partial charge in [0.1, 0.15) is 0 Å². The number of hydrogen-bond donors (Lipinski definition) is 3. The molecular formula is C13H20BNO3. The van der Waals surface area contributed by atoms with Crippen molar-refractivity contribution in [3.8, 4) is 0 Å². The Morgan fingerprint density at radius 1 is 1.06 bits per heavy atom. The third kappa shape index (κ3) is 7.09. The highest BCUT2D eigenvalue weighted by molar-refractivity contribution is 6.40. The van der Waals surface area contributed by atoms with Gasteiger partial charge in [-0.3, -0.25) is 4.79 Å². The van der Waals surface area contributed by atoms with Crippen LogP contribution in [0.5, 0.6) is 0 Å². The van der Waals surface area contributed by atoms with Crippen molar-refractivity contribution in [2.45, 2.75) is 38.4 Å². The van der Waals surface area contributed by atoms with Crippen molar-refractivity contribution in [3.63, 3.8) is 0 Å². The SMILES string of the molecule is O=C(CCCCCCB(O)O)Nc1ccccc1. The summed E-state index contributed by atoms with van der Waals surface area (Å²) in [5.74, 6) is 0.0309. The van der Waals surface area contributed by atoms with E-state index in [-0.39, 0.29) is 5.91 Å². The number of rotatable bonds is 8. The maximum Gasteiger partial charge on any atom is 0.451 e. The number of anilines is 1. The molecule has 0 aliphatic heterocycles. The normalized spacial score (nSPS) is 10.1. The molecular weight excluding hydrogens is 229 g/mol. The molecule has 98 valence electrons. The Balaban J connectivity index is 2.04. The molecule has 0 saturated heterocycles. The van der Waals surface area contributed by atoms with E-state index in [0.717, 1.165) is 31.4 Å². The lowest BCUT2D eigenvalue weighted by Crippen LogP contribution is -2.11. The molecule has 5 heteroatoms. The van der Waals surface area contributed by atoms with Crippen LogP contribution in [0.1, 0.15) is 32.1 Å². The molecule has 3 N–H and O–H groups in total. The molecule has 0 bridgehead atoms. The second-order valence-electron chi connectivity index (χ2n) is 4.35. The highest BCUT2D eigenvalue weighted by Crippen LogP contribution is 2.09. The number of nitrogens with one attached hydrogen (secondary N) is 1. The van der Waals surface area contributed by atoms with Crippen molar-refractivity contribution in [2.75, 3.05) is 5.32 Å². The maximum absolute atomic E-state index is 11.6. The lowest BCUT2D eigenvalue weighted by atomic mass is 9.83. The fourth-order valence-corrected chi connectivity index (χ4v) is 1.71. The average Bonchev–Trinajstić information content (AvgIpc) is 2.34. The minimum absolute atomic E-state index is 0.0309. The van der Waals surface area contributed by atoms with Crippen LogP contribution >= 0.6 is 0 Å². The van der Waals surface area contributed by atoms with Crippen molar-refractivity contribution >= 4 is 18.7 Å². The van der Waals surface area contributed by atoms with Crippen LogP contribution in [-0.2, 0) is 4.79 Å². The van der Waals surface area contributed by atoms with Gasteiger partial charge in [-0.05, 0) is 24.9 Å². The second kappa shape index (κ2) is 8.72. The summed E-state index contributed by atoms with van der Waals surface area (Å²) in [7, 11) is -1.20. The summed E-state index contributed by atoms with van der Waals surface area (Å²) >= 11 is 0. The molecule has 1 rings (SSSR count). The summed E-state index contributed by atoms with van der Waals surface area (Å²) in [6.07, 6.45) is 4.41. The number of carbonyl (C=O) groups is 1. The number of unbranched alkanes of at least 4 members (excludes halogenated alkanes) is 3. The fraction of sp³-hybridized carbons (Fsp3) is 0.462. The Morgan fingerprint density at radius 2 is 1.72 bits per heavy atom. The lowest BCUT2D eigenvalue weighted by Gasteiger charge is -2.04. The molecule has 0 aliphatic carbocycles. The Kier molecular flexibility index (Phi) is 7.14. The highest BCUT2D eigenvalue weighted by atomic mass is 16.4. The quantitative estimate of drug-likeness (QED) is 0.487. The first-order valence-corrected chi connectivity index (χ1v) is 6.39. The van der Waals surface area contributed by atoms with Gasteiger partial charge in [0.15, 0.2) is 0 Å². The van der Waals surface area contributed by atoms with E-state index >= 15 is 0 Å². The second-order valence-corrected chi connectivity index (χ2v) is 4.35. The predicted octanol–water partition coefficient (Wildman–Crippen LogP) is 2.05. The molecule has 0 aliphatic rings. The molecule has 0 fully saturated rings. The molecule has 1 aromatic carbocycles. The zero-order chi connectivity index (χ0) is 13.2. The van der Waals surface area contributed by atoms with E-state index in [4.69, 9.17) is 10.0 Å². The van der Waals surface area contributed by atoms with Gasteiger partial charge in [-0.2, -0.15) is 0 Å². The standard InChI is InChI=1S/C13H20BNO3/c16-13(15-12-8-4-3-5-9-12)10-6-1-2-7-11-14(17)18/h3-5,8-9,17-18H,1-2,6-7,10-11H2,(H,15,16). The molecule has 0 unspecified atom stereocenters. The molecule has 1 aromatic rings. The van der Waals surface area contributed by atoms with Gasteiger partial charge in [0, 0.05) is 12.1 Å². The van der Waals surface area contributed by atoms with Crippen LogP contribution in [0.2, 0.25) is 6.32 Å². The summed E-state index contributed by atoms with van der Waals surface area (Å²) in [5, 5.41) is 20.1. The summed E-state index contributed by atoms with van der Waals surface area (Å²) < 4.78 is 0. The van der Waals surface area contributed by atoms with E-state index < -0.39 is 7.12 Å². The molecule has 0 heterocycles. The van der Waals surface area contributed by atoms with E-state index in [1.807, 2.05) is 30.3 Å². The smallest absolute Gasteiger partial charge is 0.427 e.